The predicted octanol–water partition coefficient (Wildman–Crippen LogP) is 3.01. The summed E-state index contributed by atoms with van der Waals surface area (Å²) in [7, 11) is 0. The van der Waals surface area contributed by atoms with Crippen LogP contribution in [0.4, 0.5) is 9.59 Å². The van der Waals surface area contributed by atoms with Gasteiger partial charge in [-0.25, -0.2) is 14.4 Å². The number of amides is 2. The van der Waals surface area contributed by atoms with E-state index in [4.69, 9.17) is 9.47 Å². The van der Waals surface area contributed by atoms with Crippen LogP contribution in [-0.4, -0.2) is 53.0 Å². The van der Waals surface area contributed by atoms with Crippen molar-refractivity contribution >= 4 is 29.9 Å². The van der Waals surface area contributed by atoms with Gasteiger partial charge >= 0.3 is 18.2 Å². The number of carbonyl (C=O) groups is 3. The number of nitrogens with one attached hydrogen (secondary N) is 2. The molecule has 0 saturated carbocycles. The Hall–Kier alpha value is -2.42. The minimum atomic E-state index is -1.12. The molecule has 156 valence electrons. The zero-order valence-electron chi connectivity index (χ0n) is 16.4. The summed E-state index contributed by atoms with van der Waals surface area (Å²) in [4.78, 5) is 34.5. The van der Waals surface area contributed by atoms with Crippen LogP contribution in [0.25, 0.3) is 0 Å². The van der Waals surface area contributed by atoms with E-state index in [2.05, 4.69) is 10.6 Å². The number of thioether (sulfide) groups is 1. The summed E-state index contributed by atoms with van der Waals surface area (Å²) in [6.45, 7) is 5.72. The van der Waals surface area contributed by atoms with E-state index >= 15 is 0 Å². The number of alkyl carbamates (subject to hydrolysis) is 2. The Morgan fingerprint density at radius 2 is 1.79 bits per heavy atom. The fourth-order valence-corrected chi connectivity index (χ4v) is 2.86. The molecule has 1 atom stereocenters. The third kappa shape index (κ3) is 11.3. The molecule has 3 N–H and O–H groups in total. The zero-order chi connectivity index (χ0) is 21.0. The van der Waals surface area contributed by atoms with E-state index in [1.165, 1.54) is 11.8 Å². The topological polar surface area (TPSA) is 114 Å². The summed E-state index contributed by atoms with van der Waals surface area (Å²) in [6.07, 6.45) is -1.01. The van der Waals surface area contributed by atoms with E-state index in [-0.39, 0.29) is 13.0 Å². The maximum Gasteiger partial charge on any atom is 0.408 e. The van der Waals surface area contributed by atoms with Crippen LogP contribution in [0.1, 0.15) is 32.8 Å². The normalized spacial score (nSPS) is 12.0. The lowest BCUT2D eigenvalue weighted by Crippen LogP contribution is -2.43. The molecule has 0 aliphatic heterocycles. The van der Waals surface area contributed by atoms with Crippen LogP contribution in [0, 0.1) is 0 Å². The van der Waals surface area contributed by atoms with Gasteiger partial charge in [0.05, 0.1) is 0 Å². The lowest BCUT2D eigenvalue weighted by atomic mass is 10.2. The van der Waals surface area contributed by atoms with Gasteiger partial charge in [-0.05, 0) is 38.5 Å². The average molecular weight is 413 g/mol. The second kappa shape index (κ2) is 12.1. The molecular formula is C19H28N2O6S. The van der Waals surface area contributed by atoms with Gasteiger partial charge in [-0.15, -0.1) is 0 Å². The average Bonchev–Trinajstić information content (AvgIpc) is 2.61. The van der Waals surface area contributed by atoms with Crippen LogP contribution >= 0.6 is 11.8 Å². The van der Waals surface area contributed by atoms with Crippen LogP contribution in [0.2, 0.25) is 0 Å². The molecule has 1 aromatic carbocycles. The molecule has 0 spiro atoms. The number of rotatable bonds is 10. The molecule has 0 aromatic heterocycles. The Balaban J connectivity index is 2.15. The van der Waals surface area contributed by atoms with Crippen molar-refractivity contribution in [3.8, 4) is 0 Å². The number of aliphatic carboxylic acids is 1. The Morgan fingerprint density at radius 3 is 2.39 bits per heavy atom. The van der Waals surface area contributed by atoms with Gasteiger partial charge in [0.25, 0.3) is 0 Å². The molecule has 8 nitrogen and oxygen atoms in total. The molecular weight excluding hydrogens is 384 g/mol. The molecule has 1 unspecified atom stereocenters. The number of carboxylic acids is 1. The van der Waals surface area contributed by atoms with Crippen LogP contribution in [0.3, 0.4) is 0 Å². The van der Waals surface area contributed by atoms with Crippen molar-refractivity contribution in [2.45, 2.75) is 45.4 Å². The van der Waals surface area contributed by atoms with Crippen LogP contribution in [0.5, 0.6) is 0 Å². The Morgan fingerprint density at radius 1 is 1.11 bits per heavy atom. The number of carboxylic acid groups (broad SMARTS) is 1. The van der Waals surface area contributed by atoms with Crippen LogP contribution in [0.15, 0.2) is 30.3 Å². The fraction of sp³-hybridized carbons (Fsp3) is 0.526. The number of hydrogen-bond donors (Lipinski definition) is 3. The van der Waals surface area contributed by atoms with E-state index < -0.39 is 29.8 Å². The van der Waals surface area contributed by atoms with Gasteiger partial charge in [0, 0.05) is 12.3 Å². The third-order valence-electron chi connectivity index (χ3n) is 3.27. The van der Waals surface area contributed by atoms with E-state index in [0.717, 1.165) is 5.56 Å². The molecule has 28 heavy (non-hydrogen) atoms. The van der Waals surface area contributed by atoms with Crippen molar-refractivity contribution in [2.24, 2.45) is 0 Å². The van der Waals surface area contributed by atoms with Gasteiger partial charge in [-0.3, -0.25) is 0 Å². The number of ether oxygens (including phenoxy) is 2. The highest BCUT2D eigenvalue weighted by molar-refractivity contribution is 7.99. The molecule has 0 saturated heterocycles. The van der Waals surface area contributed by atoms with Crippen molar-refractivity contribution in [3.05, 3.63) is 35.9 Å². The lowest BCUT2D eigenvalue weighted by Gasteiger charge is -2.21. The number of benzene rings is 1. The van der Waals surface area contributed by atoms with E-state index in [0.29, 0.717) is 18.1 Å². The summed E-state index contributed by atoms with van der Waals surface area (Å²) < 4.78 is 10.2. The maximum absolute atomic E-state index is 11.7. The molecule has 1 rings (SSSR count). The third-order valence-corrected chi connectivity index (χ3v) is 4.29. The van der Waals surface area contributed by atoms with E-state index in [1.54, 1.807) is 20.8 Å². The van der Waals surface area contributed by atoms with Crippen molar-refractivity contribution in [2.75, 3.05) is 18.1 Å². The summed E-state index contributed by atoms with van der Waals surface area (Å²) >= 11 is 1.47. The second-order valence-corrected chi connectivity index (χ2v) is 8.15. The minimum absolute atomic E-state index is 0.205. The van der Waals surface area contributed by atoms with Gasteiger partial charge in [-0.1, -0.05) is 30.3 Å². The largest absolute Gasteiger partial charge is 0.480 e. The minimum Gasteiger partial charge on any atom is -0.480 e. The summed E-state index contributed by atoms with van der Waals surface area (Å²) in [5.74, 6) is -0.0127. The first-order chi connectivity index (χ1) is 13.2. The molecule has 0 aliphatic carbocycles. The summed E-state index contributed by atoms with van der Waals surface area (Å²) in [5.41, 5.74) is 0.215. The molecule has 0 fully saturated rings. The molecule has 0 radical (unpaired) electrons. The Kier molecular flexibility index (Phi) is 10.2. The molecule has 0 bridgehead atoms. The molecule has 1 aromatic rings. The molecule has 0 heterocycles. The first-order valence-electron chi connectivity index (χ1n) is 8.92. The molecule has 9 heteroatoms. The monoisotopic (exact) mass is 412 g/mol. The standard InChI is InChI=1S/C19H28N2O6S/c1-19(2,3)27-18(25)21-15(16(22)23)9-11-28-12-10-20-17(24)26-13-14-7-5-4-6-8-14/h4-8,15H,9-13H2,1-3H3,(H,20,24)(H,21,25)(H,22,23). The van der Waals surface area contributed by atoms with Gasteiger partial charge in [-0.2, -0.15) is 11.8 Å². The van der Waals surface area contributed by atoms with E-state index in [9.17, 15) is 19.5 Å². The van der Waals surface area contributed by atoms with E-state index in [1.807, 2.05) is 30.3 Å². The zero-order valence-corrected chi connectivity index (χ0v) is 17.2. The predicted molar refractivity (Wildman–Crippen MR) is 107 cm³/mol. The molecule has 2 amide bonds. The summed E-state index contributed by atoms with van der Waals surface area (Å²) in [6, 6.07) is 8.34. The Labute approximate surface area is 169 Å². The quantitative estimate of drug-likeness (QED) is 0.506. The first-order valence-corrected chi connectivity index (χ1v) is 10.1. The van der Waals surface area contributed by atoms with Gasteiger partial charge in [0.2, 0.25) is 0 Å². The SMILES string of the molecule is CC(C)(C)OC(=O)NC(CCSCCNC(=O)OCc1ccccc1)C(=O)O. The van der Waals surface area contributed by atoms with Crippen molar-refractivity contribution in [1.82, 2.24) is 10.6 Å². The number of hydrogen-bond acceptors (Lipinski definition) is 6. The van der Waals surface area contributed by atoms with Gasteiger partial charge in [0.15, 0.2) is 0 Å². The van der Waals surface area contributed by atoms with Crippen molar-refractivity contribution in [3.63, 3.8) is 0 Å². The highest BCUT2D eigenvalue weighted by atomic mass is 32.2. The smallest absolute Gasteiger partial charge is 0.408 e. The number of carbonyl (C=O) groups excluding carboxylic acids is 2. The summed E-state index contributed by atoms with van der Waals surface area (Å²) in [5, 5.41) is 14.2. The maximum atomic E-state index is 11.7. The van der Waals surface area contributed by atoms with Crippen LogP contribution < -0.4 is 10.6 Å². The molecule has 0 aliphatic rings. The van der Waals surface area contributed by atoms with Crippen molar-refractivity contribution in [1.29, 1.82) is 0 Å². The Bertz CT molecular complexity index is 633. The van der Waals surface area contributed by atoms with Crippen LogP contribution in [-0.2, 0) is 20.9 Å². The van der Waals surface area contributed by atoms with Crippen molar-refractivity contribution < 1.29 is 29.0 Å². The van der Waals surface area contributed by atoms with Gasteiger partial charge < -0.3 is 25.2 Å². The highest BCUT2D eigenvalue weighted by Gasteiger charge is 2.23. The van der Waals surface area contributed by atoms with Gasteiger partial charge in [0.1, 0.15) is 18.2 Å². The highest BCUT2D eigenvalue weighted by Crippen LogP contribution is 2.09. The first kappa shape index (κ1) is 23.6. The fourth-order valence-electron chi connectivity index (χ4n) is 2.01. The lowest BCUT2D eigenvalue weighted by molar-refractivity contribution is -0.139. The second-order valence-electron chi connectivity index (χ2n) is 6.93.